The zero-order valence-electron chi connectivity index (χ0n) is 12.4. The van der Waals surface area contributed by atoms with E-state index < -0.39 is 17.3 Å². The molecule has 6 nitrogen and oxygen atoms in total. The number of aliphatic hydroxyl groups is 1. The van der Waals surface area contributed by atoms with Crippen LogP contribution in [0.25, 0.3) is 0 Å². The molecule has 7 heteroatoms. The number of H-pyrrole nitrogens is 1. The second-order valence-corrected chi connectivity index (χ2v) is 5.51. The fourth-order valence-corrected chi connectivity index (χ4v) is 2.15. The number of amides is 1. The summed E-state index contributed by atoms with van der Waals surface area (Å²) in [6.45, 7) is 1.24. The van der Waals surface area contributed by atoms with Crippen LogP contribution in [0.2, 0.25) is 0 Å². The molecule has 0 spiro atoms. The number of halogens is 1. The van der Waals surface area contributed by atoms with Crippen molar-refractivity contribution in [3.63, 3.8) is 0 Å². The van der Waals surface area contributed by atoms with Crippen molar-refractivity contribution in [2.24, 2.45) is 7.05 Å². The molecule has 1 heterocycles. The quantitative estimate of drug-likeness (QED) is 0.755. The smallest absolute Gasteiger partial charge is 0.269 e. The van der Waals surface area contributed by atoms with Crippen LogP contribution in [0.1, 0.15) is 23.0 Å². The fraction of sp³-hybridized carbons (Fsp3) is 0.333. The van der Waals surface area contributed by atoms with E-state index in [1.807, 2.05) is 0 Å². The second kappa shape index (κ2) is 6.15. The zero-order valence-corrected chi connectivity index (χ0v) is 12.4. The van der Waals surface area contributed by atoms with Gasteiger partial charge in [-0.05, 0) is 18.6 Å². The van der Waals surface area contributed by atoms with Crippen LogP contribution in [0.3, 0.4) is 0 Å². The first-order valence-corrected chi connectivity index (χ1v) is 6.77. The maximum Gasteiger partial charge on any atom is 0.269 e. The minimum Gasteiger partial charge on any atom is -0.394 e. The van der Waals surface area contributed by atoms with Crippen LogP contribution in [0.4, 0.5) is 4.39 Å². The molecule has 2 rings (SSSR count). The van der Waals surface area contributed by atoms with E-state index in [0.717, 1.165) is 6.07 Å². The number of rotatable bonds is 5. The SMILES string of the molecule is Cn1[nH]c(C(=O)NC(C)(CO)Cc2ccccc2F)cc1=O. The summed E-state index contributed by atoms with van der Waals surface area (Å²) in [5, 5.41) is 14.8. The van der Waals surface area contributed by atoms with E-state index in [1.54, 1.807) is 25.1 Å². The zero-order chi connectivity index (χ0) is 16.3. The number of nitrogens with zero attached hydrogens (tertiary/aromatic N) is 1. The molecule has 0 aliphatic carbocycles. The van der Waals surface area contributed by atoms with Crippen molar-refractivity contribution < 1.29 is 14.3 Å². The molecule has 0 aliphatic heterocycles. The van der Waals surface area contributed by atoms with E-state index in [4.69, 9.17) is 0 Å². The lowest BCUT2D eigenvalue weighted by Crippen LogP contribution is -2.50. The van der Waals surface area contributed by atoms with Gasteiger partial charge in [-0.2, -0.15) is 0 Å². The lowest BCUT2D eigenvalue weighted by molar-refractivity contribution is 0.0845. The number of nitrogens with one attached hydrogen (secondary N) is 2. The number of hydrogen-bond acceptors (Lipinski definition) is 3. The van der Waals surface area contributed by atoms with Crippen LogP contribution in [-0.2, 0) is 13.5 Å². The van der Waals surface area contributed by atoms with Gasteiger partial charge in [-0.3, -0.25) is 19.4 Å². The lowest BCUT2D eigenvalue weighted by Gasteiger charge is -2.28. The molecular formula is C15H18FN3O3. The molecule has 1 amide bonds. The Morgan fingerprint density at radius 1 is 1.45 bits per heavy atom. The summed E-state index contributed by atoms with van der Waals surface area (Å²) in [6.07, 6.45) is 0.124. The molecule has 1 aromatic carbocycles. The largest absolute Gasteiger partial charge is 0.394 e. The molecule has 1 aromatic heterocycles. The Hall–Kier alpha value is -2.41. The van der Waals surface area contributed by atoms with Gasteiger partial charge >= 0.3 is 0 Å². The normalized spacial score (nSPS) is 13.6. The molecular weight excluding hydrogens is 289 g/mol. The van der Waals surface area contributed by atoms with Gasteiger partial charge in [0.25, 0.3) is 11.5 Å². The second-order valence-electron chi connectivity index (χ2n) is 5.51. The first-order chi connectivity index (χ1) is 10.3. The molecule has 0 radical (unpaired) electrons. The average molecular weight is 307 g/mol. The predicted octanol–water partition coefficient (Wildman–Crippen LogP) is 0.576. The minimum atomic E-state index is -1.05. The van der Waals surface area contributed by atoms with Gasteiger partial charge in [-0.15, -0.1) is 0 Å². The number of aryl methyl sites for hydroxylation is 1. The topological polar surface area (TPSA) is 87.1 Å². The molecule has 0 bridgehead atoms. The van der Waals surface area contributed by atoms with E-state index in [2.05, 4.69) is 10.4 Å². The fourth-order valence-electron chi connectivity index (χ4n) is 2.15. The van der Waals surface area contributed by atoms with Gasteiger partial charge < -0.3 is 10.4 Å². The predicted molar refractivity (Wildman–Crippen MR) is 79.1 cm³/mol. The van der Waals surface area contributed by atoms with Crippen molar-refractivity contribution in [3.8, 4) is 0 Å². The monoisotopic (exact) mass is 307 g/mol. The minimum absolute atomic E-state index is 0.0840. The number of aromatic amines is 1. The van der Waals surface area contributed by atoms with E-state index >= 15 is 0 Å². The Morgan fingerprint density at radius 2 is 2.14 bits per heavy atom. The standard InChI is InChI=1S/C15H18FN3O3/c1-15(9-20,8-10-5-3-4-6-11(10)16)17-14(22)12-7-13(21)19(2)18-12/h3-7,18,20H,8-9H2,1-2H3,(H,17,22). The molecule has 0 aliphatic rings. The number of aromatic nitrogens is 2. The maximum absolute atomic E-state index is 13.7. The van der Waals surface area contributed by atoms with Gasteiger partial charge in [0.15, 0.2) is 0 Å². The first-order valence-electron chi connectivity index (χ1n) is 6.77. The number of carbonyl (C=O) groups is 1. The third-order valence-corrected chi connectivity index (χ3v) is 3.43. The van der Waals surface area contributed by atoms with Crippen LogP contribution >= 0.6 is 0 Å². The van der Waals surface area contributed by atoms with E-state index in [9.17, 15) is 19.1 Å². The molecule has 0 fully saturated rings. The molecule has 22 heavy (non-hydrogen) atoms. The summed E-state index contributed by atoms with van der Waals surface area (Å²) in [4.78, 5) is 23.5. The third-order valence-electron chi connectivity index (χ3n) is 3.43. The van der Waals surface area contributed by atoms with Crippen LogP contribution < -0.4 is 10.9 Å². The van der Waals surface area contributed by atoms with Gasteiger partial charge in [0.1, 0.15) is 11.5 Å². The van der Waals surface area contributed by atoms with E-state index in [1.165, 1.54) is 17.8 Å². The summed E-state index contributed by atoms with van der Waals surface area (Å²) < 4.78 is 14.9. The highest BCUT2D eigenvalue weighted by molar-refractivity contribution is 5.92. The van der Waals surface area contributed by atoms with Gasteiger partial charge in [-0.25, -0.2) is 4.39 Å². The van der Waals surface area contributed by atoms with Gasteiger partial charge in [0.2, 0.25) is 0 Å². The maximum atomic E-state index is 13.7. The van der Waals surface area contributed by atoms with Crippen LogP contribution in [0.15, 0.2) is 35.1 Å². The number of aliphatic hydroxyl groups excluding tert-OH is 1. The summed E-state index contributed by atoms with van der Waals surface area (Å²) >= 11 is 0. The van der Waals surface area contributed by atoms with Crippen molar-refractivity contribution in [1.29, 1.82) is 0 Å². The van der Waals surface area contributed by atoms with Crippen LogP contribution in [-0.4, -0.2) is 32.9 Å². The lowest BCUT2D eigenvalue weighted by atomic mass is 9.93. The van der Waals surface area contributed by atoms with Crippen molar-refractivity contribution in [2.75, 3.05) is 6.61 Å². The number of hydrogen-bond donors (Lipinski definition) is 3. The molecule has 3 N–H and O–H groups in total. The van der Waals surface area contributed by atoms with Crippen molar-refractivity contribution in [3.05, 3.63) is 57.8 Å². The van der Waals surface area contributed by atoms with Crippen molar-refractivity contribution in [2.45, 2.75) is 18.9 Å². The molecule has 1 atom stereocenters. The first kappa shape index (κ1) is 16.0. The van der Waals surface area contributed by atoms with Crippen LogP contribution in [0, 0.1) is 5.82 Å². The molecule has 0 saturated heterocycles. The molecule has 0 saturated carbocycles. The summed E-state index contributed by atoms with van der Waals surface area (Å²) in [5.41, 5.74) is -0.919. The molecule has 1 unspecified atom stereocenters. The number of carbonyl (C=O) groups excluding carboxylic acids is 1. The Balaban J connectivity index is 2.18. The summed E-state index contributed by atoms with van der Waals surface area (Å²) in [5.74, 6) is -0.935. The Bertz CT molecular complexity index is 738. The van der Waals surface area contributed by atoms with Gasteiger partial charge in [-0.1, -0.05) is 18.2 Å². The molecule has 118 valence electrons. The Kier molecular flexibility index (Phi) is 4.46. The molecule has 2 aromatic rings. The summed E-state index contributed by atoms with van der Waals surface area (Å²) in [6, 6.07) is 7.34. The van der Waals surface area contributed by atoms with Crippen LogP contribution in [0.5, 0.6) is 0 Å². The van der Waals surface area contributed by atoms with E-state index in [0.29, 0.717) is 5.56 Å². The Morgan fingerprint density at radius 3 is 2.68 bits per heavy atom. The Labute approximate surface area is 126 Å². The van der Waals surface area contributed by atoms with Crippen molar-refractivity contribution >= 4 is 5.91 Å². The number of benzene rings is 1. The van der Waals surface area contributed by atoms with Gasteiger partial charge in [0.05, 0.1) is 12.1 Å². The van der Waals surface area contributed by atoms with E-state index in [-0.39, 0.29) is 24.3 Å². The summed E-state index contributed by atoms with van der Waals surface area (Å²) in [7, 11) is 1.49. The average Bonchev–Trinajstić information content (AvgIpc) is 2.81. The highest BCUT2D eigenvalue weighted by Crippen LogP contribution is 2.16. The van der Waals surface area contributed by atoms with Gasteiger partial charge in [0, 0.05) is 19.5 Å². The third kappa shape index (κ3) is 3.43. The van der Waals surface area contributed by atoms with Crippen molar-refractivity contribution in [1.82, 2.24) is 15.1 Å². The highest BCUT2D eigenvalue weighted by atomic mass is 19.1. The highest BCUT2D eigenvalue weighted by Gasteiger charge is 2.28.